The first kappa shape index (κ1) is 15.9. The number of hydrogen-bond acceptors (Lipinski definition) is 3. The molecule has 1 heterocycles. The average Bonchev–Trinajstić information content (AvgIpc) is 2.42. The Labute approximate surface area is 113 Å². The Hall–Kier alpha value is -0.120. The van der Waals surface area contributed by atoms with Crippen LogP contribution in [0.2, 0.25) is 0 Å². The molecule has 1 N–H and O–H groups in total. The molecule has 18 heavy (non-hydrogen) atoms. The van der Waals surface area contributed by atoms with Crippen molar-refractivity contribution in [3.63, 3.8) is 0 Å². The van der Waals surface area contributed by atoms with Gasteiger partial charge in [-0.15, -0.1) is 0 Å². The molecule has 1 fully saturated rings. The van der Waals surface area contributed by atoms with E-state index >= 15 is 0 Å². The lowest BCUT2D eigenvalue weighted by Gasteiger charge is -2.43. The average molecular weight is 256 g/mol. The van der Waals surface area contributed by atoms with Crippen molar-refractivity contribution in [2.75, 3.05) is 33.4 Å². The van der Waals surface area contributed by atoms with Gasteiger partial charge in [0.1, 0.15) is 0 Å². The maximum atomic E-state index is 5.14. The van der Waals surface area contributed by atoms with E-state index in [0.29, 0.717) is 6.04 Å². The molecule has 108 valence electrons. The van der Waals surface area contributed by atoms with E-state index in [1.165, 1.54) is 38.8 Å². The van der Waals surface area contributed by atoms with Crippen LogP contribution in [0.3, 0.4) is 0 Å². The number of unbranched alkanes of at least 4 members (excludes halogenated alkanes) is 1. The highest BCUT2D eigenvalue weighted by atomic mass is 16.5. The molecule has 0 aromatic heterocycles. The van der Waals surface area contributed by atoms with Crippen LogP contribution in [0.4, 0.5) is 0 Å². The molecule has 3 unspecified atom stereocenters. The van der Waals surface area contributed by atoms with E-state index in [1.807, 2.05) is 0 Å². The van der Waals surface area contributed by atoms with Crippen LogP contribution in [0, 0.1) is 5.92 Å². The van der Waals surface area contributed by atoms with Crippen molar-refractivity contribution in [1.29, 1.82) is 0 Å². The number of nitrogens with one attached hydrogen (secondary N) is 1. The van der Waals surface area contributed by atoms with Crippen LogP contribution in [0.25, 0.3) is 0 Å². The van der Waals surface area contributed by atoms with Crippen LogP contribution in [0.15, 0.2) is 0 Å². The standard InChI is InChI=1S/C15H32N2O/c1-5-13(3)15-11-16-14(6-2)12-17(15)9-7-8-10-18-4/h13-16H,5-12H2,1-4H3. The van der Waals surface area contributed by atoms with Crippen LogP contribution >= 0.6 is 0 Å². The maximum absolute atomic E-state index is 5.14. The molecular formula is C15H32N2O. The van der Waals surface area contributed by atoms with Gasteiger partial charge in [0, 0.05) is 38.9 Å². The smallest absolute Gasteiger partial charge is 0.0462 e. The summed E-state index contributed by atoms with van der Waals surface area (Å²) in [6.07, 6.45) is 4.96. The molecule has 3 atom stereocenters. The molecular weight excluding hydrogens is 224 g/mol. The number of methoxy groups -OCH3 is 1. The van der Waals surface area contributed by atoms with Crippen molar-refractivity contribution in [3.8, 4) is 0 Å². The van der Waals surface area contributed by atoms with Gasteiger partial charge in [-0.25, -0.2) is 0 Å². The Kier molecular flexibility index (Phi) is 7.87. The highest BCUT2D eigenvalue weighted by Gasteiger charge is 2.29. The highest BCUT2D eigenvalue weighted by molar-refractivity contribution is 4.87. The first-order chi connectivity index (χ1) is 8.72. The summed E-state index contributed by atoms with van der Waals surface area (Å²) in [5, 5.41) is 3.70. The van der Waals surface area contributed by atoms with Crippen LogP contribution < -0.4 is 5.32 Å². The van der Waals surface area contributed by atoms with Gasteiger partial charge in [-0.3, -0.25) is 4.90 Å². The van der Waals surface area contributed by atoms with Gasteiger partial charge in [-0.05, 0) is 31.7 Å². The monoisotopic (exact) mass is 256 g/mol. The Balaban J connectivity index is 2.43. The predicted molar refractivity (Wildman–Crippen MR) is 78.0 cm³/mol. The van der Waals surface area contributed by atoms with Crippen LogP contribution in [-0.2, 0) is 4.74 Å². The van der Waals surface area contributed by atoms with E-state index in [0.717, 1.165) is 25.1 Å². The van der Waals surface area contributed by atoms with Gasteiger partial charge >= 0.3 is 0 Å². The minimum absolute atomic E-state index is 0.688. The predicted octanol–water partition coefficient (Wildman–Crippen LogP) is 2.51. The van der Waals surface area contributed by atoms with Gasteiger partial charge in [0.05, 0.1) is 0 Å². The van der Waals surface area contributed by atoms with Crippen LogP contribution in [-0.4, -0.2) is 50.3 Å². The van der Waals surface area contributed by atoms with Crippen molar-refractivity contribution < 1.29 is 4.74 Å². The maximum Gasteiger partial charge on any atom is 0.0462 e. The fourth-order valence-electron chi connectivity index (χ4n) is 2.82. The third kappa shape index (κ3) is 4.87. The Morgan fingerprint density at radius 3 is 2.72 bits per heavy atom. The van der Waals surface area contributed by atoms with E-state index in [1.54, 1.807) is 7.11 Å². The normalized spacial score (nSPS) is 27.3. The fraction of sp³-hybridized carbons (Fsp3) is 1.00. The number of hydrogen-bond donors (Lipinski definition) is 1. The molecule has 0 aliphatic carbocycles. The summed E-state index contributed by atoms with van der Waals surface area (Å²) < 4.78 is 5.14. The number of piperazine rings is 1. The minimum atomic E-state index is 0.688. The quantitative estimate of drug-likeness (QED) is 0.675. The molecule has 0 radical (unpaired) electrons. The molecule has 1 aliphatic heterocycles. The molecule has 0 aromatic carbocycles. The van der Waals surface area contributed by atoms with E-state index in [-0.39, 0.29) is 0 Å². The van der Waals surface area contributed by atoms with Gasteiger partial charge in [0.25, 0.3) is 0 Å². The molecule has 1 saturated heterocycles. The molecule has 0 amide bonds. The summed E-state index contributed by atoms with van der Waals surface area (Å²) in [5.74, 6) is 0.790. The number of ether oxygens (including phenoxy) is 1. The zero-order chi connectivity index (χ0) is 13.4. The zero-order valence-corrected chi connectivity index (χ0v) is 12.7. The number of rotatable bonds is 8. The largest absolute Gasteiger partial charge is 0.385 e. The number of nitrogens with zero attached hydrogens (tertiary/aromatic N) is 1. The molecule has 1 aliphatic rings. The lowest BCUT2D eigenvalue weighted by atomic mass is 9.94. The summed E-state index contributed by atoms with van der Waals surface area (Å²) in [6.45, 7) is 11.5. The van der Waals surface area contributed by atoms with Crippen molar-refractivity contribution in [2.24, 2.45) is 5.92 Å². The first-order valence-electron chi connectivity index (χ1n) is 7.69. The Morgan fingerprint density at radius 2 is 2.11 bits per heavy atom. The summed E-state index contributed by atoms with van der Waals surface area (Å²) in [5.41, 5.74) is 0. The van der Waals surface area contributed by atoms with Gasteiger partial charge in [-0.1, -0.05) is 27.2 Å². The third-order valence-electron chi connectivity index (χ3n) is 4.38. The fourth-order valence-corrected chi connectivity index (χ4v) is 2.82. The van der Waals surface area contributed by atoms with Crippen molar-refractivity contribution in [2.45, 2.75) is 58.5 Å². The topological polar surface area (TPSA) is 24.5 Å². The summed E-state index contributed by atoms with van der Waals surface area (Å²) >= 11 is 0. The lowest BCUT2D eigenvalue weighted by Crippen LogP contribution is -2.58. The van der Waals surface area contributed by atoms with Crippen molar-refractivity contribution in [3.05, 3.63) is 0 Å². The van der Waals surface area contributed by atoms with Crippen LogP contribution in [0.1, 0.15) is 46.5 Å². The summed E-state index contributed by atoms with van der Waals surface area (Å²) in [7, 11) is 1.79. The molecule has 3 nitrogen and oxygen atoms in total. The van der Waals surface area contributed by atoms with E-state index in [2.05, 4.69) is 31.0 Å². The zero-order valence-electron chi connectivity index (χ0n) is 12.7. The second-order valence-corrected chi connectivity index (χ2v) is 5.66. The molecule has 0 spiro atoms. The molecule has 0 bridgehead atoms. The first-order valence-corrected chi connectivity index (χ1v) is 7.69. The second kappa shape index (κ2) is 8.89. The molecule has 3 heteroatoms. The van der Waals surface area contributed by atoms with Gasteiger partial charge in [0.2, 0.25) is 0 Å². The van der Waals surface area contributed by atoms with Gasteiger partial charge in [-0.2, -0.15) is 0 Å². The minimum Gasteiger partial charge on any atom is -0.385 e. The summed E-state index contributed by atoms with van der Waals surface area (Å²) in [6, 6.07) is 1.41. The Bertz CT molecular complexity index is 211. The summed E-state index contributed by atoms with van der Waals surface area (Å²) in [4.78, 5) is 2.72. The van der Waals surface area contributed by atoms with Gasteiger partial charge in [0.15, 0.2) is 0 Å². The second-order valence-electron chi connectivity index (χ2n) is 5.66. The van der Waals surface area contributed by atoms with Gasteiger partial charge < -0.3 is 10.1 Å². The van der Waals surface area contributed by atoms with Crippen LogP contribution in [0.5, 0.6) is 0 Å². The molecule has 0 saturated carbocycles. The van der Waals surface area contributed by atoms with E-state index < -0.39 is 0 Å². The van der Waals surface area contributed by atoms with E-state index in [4.69, 9.17) is 4.74 Å². The van der Waals surface area contributed by atoms with E-state index in [9.17, 15) is 0 Å². The third-order valence-corrected chi connectivity index (χ3v) is 4.38. The Morgan fingerprint density at radius 1 is 1.33 bits per heavy atom. The van der Waals surface area contributed by atoms with Crippen molar-refractivity contribution in [1.82, 2.24) is 10.2 Å². The lowest BCUT2D eigenvalue weighted by molar-refractivity contribution is 0.0853. The van der Waals surface area contributed by atoms with Crippen molar-refractivity contribution >= 4 is 0 Å². The highest BCUT2D eigenvalue weighted by Crippen LogP contribution is 2.19. The SMILES string of the molecule is CCC1CN(CCCCOC)C(C(C)CC)CN1. The molecule has 1 rings (SSSR count). The molecule has 0 aromatic rings.